The largest absolute Gasteiger partial charge is 0.477 e. The van der Waals surface area contributed by atoms with E-state index in [1.165, 1.54) is 6.33 Å². The summed E-state index contributed by atoms with van der Waals surface area (Å²) in [6.45, 7) is 4.13. The van der Waals surface area contributed by atoms with Gasteiger partial charge in [-0.1, -0.05) is 13.8 Å². The summed E-state index contributed by atoms with van der Waals surface area (Å²) in [6.07, 6.45) is 3.25. The van der Waals surface area contributed by atoms with Crippen molar-refractivity contribution >= 4 is 5.97 Å². The van der Waals surface area contributed by atoms with Crippen molar-refractivity contribution in [3.8, 4) is 0 Å². The Morgan fingerprint density at radius 3 is 2.57 bits per heavy atom. The number of aromatic nitrogens is 2. The maximum atomic E-state index is 10.7. The van der Waals surface area contributed by atoms with E-state index in [2.05, 4.69) is 23.8 Å². The molecule has 1 N–H and O–H groups in total. The van der Waals surface area contributed by atoms with E-state index < -0.39 is 5.97 Å². The minimum atomic E-state index is -1.00. The van der Waals surface area contributed by atoms with Gasteiger partial charge in [0.15, 0.2) is 5.69 Å². The number of aromatic carboxylic acids is 1. The lowest BCUT2D eigenvalue weighted by Crippen LogP contribution is -2.05. The molecule has 0 radical (unpaired) electrons. The maximum Gasteiger partial charge on any atom is 0.354 e. The van der Waals surface area contributed by atoms with Gasteiger partial charge in [-0.15, -0.1) is 0 Å². The van der Waals surface area contributed by atoms with Gasteiger partial charge in [0.05, 0.1) is 0 Å². The Kier molecular flexibility index (Phi) is 3.56. The molecule has 0 aliphatic heterocycles. The van der Waals surface area contributed by atoms with Crippen molar-refractivity contribution in [1.29, 1.82) is 0 Å². The lowest BCUT2D eigenvalue weighted by atomic mass is 9.99. The third-order valence-corrected chi connectivity index (χ3v) is 2.31. The smallest absolute Gasteiger partial charge is 0.354 e. The molecule has 14 heavy (non-hydrogen) atoms. The molecule has 0 amide bonds. The average molecular weight is 194 g/mol. The molecule has 0 aliphatic rings. The van der Waals surface area contributed by atoms with Crippen molar-refractivity contribution in [2.24, 2.45) is 0 Å². The van der Waals surface area contributed by atoms with Crippen LogP contribution >= 0.6 is 0 Å². The van der Waals surface area contributed by atoms with Crippen molar-refractivity contribution in [2.45, 2.75) is 32.6 Å². The van der Waals surface area contributed by atoms with Crippen LogP contribution in [-0.4, -0.2) is 21.0 Å². The Bertz CT molecular complexity index is 322. The molecule has 1 aromatic heterocycles. The van der Waals surface area contributed by atoms with E-state index in [9.17, 15) is 4.79 Å². The van der Waals surface area contributed by atoms with Crippen molar-refractivity contribution in [3.05, 3.63) is 23.8 Å². The predicted octanol–water partition coefficient (Wildman–Crippen LogP) is 2.08. The monoisotopic (exact) mass is 194 g/mol. The van der Waals surface area contributed by atoms with Gasteiger partial charge < -0.3 is 5.11 Å². The van der Waals surface area contributed by atoms with E-state index in [0.29, 0.717) is 5.92 Å². The van der Waals surface area contributed by atoms with Crippen LogP contribution in [0.3, 0.4) is 0 Å². The highest BCUT2D eigenvalue weighted by molar-refractivity contribution is 5.85. The molecule has 0 fully saturated rings. The fraction of sp³-hybridized carbons (Fsp3) is 0.500. The van der Waals surface area contributed by atoms with Crippen LogP contribution in [0.1, 0.15) is 48.8 Å². The molecule has 1 heterocycles. The average Bonchev–Trinajstić information content (AvgIpc) is 2.20. The van der Waals surface area contributed by atoms with Gasteiger partial charge >= 0.3 is 5.97 Å². The summed E-state index contributed by atoms with van der Waals surface area (Å²) in [6, 6.07) is 1.56. The molecule has 0 atom stereocenters. The molecule has 4 nitrogen and oxygen atoms in total. The van der Waals surface area contributed by atoms with E-state index in [-0.39, 0.29) is 5.69 Å². The number of hydrogen-bond acceptors (Lipinski definition) is 3. The van der Waals surface area contributed by atoms with Crippen LogP contribution < -0.4 is 0 Å². The molecule has 0 spiro atoms. The topological polar surface area (TPSA) is 63.1 Å². The highest BCUT2D eigenvalue weighted by Gasteiger charge is 2.12. The van der Waals surface area contributed by atoms with Gasteiger partial charge in [-0.25, -0.2) is 14.8 Å². The number of carboxylic acid groups (broad SMARTS) is 1. The summed E-state index contributed by atoms with van der Waals surface area (Å²) in [7, 11) is 0. The zero-order valence-corrected chi connectivity index (χ0v) is 8.40. The molecule has 0 bridgehead atoms. The third-order valence-electron chi connectivity index (χ3n) is 2.31. The minimum absolute atomic E-state index is 0.0712. The van der Waals surface area contributed by atoms with Gasteiger partial charge in [0.2, 0.25) is 0 Å². The fourth-order valence-corrected chi connectivity index (χ4v) is 1.42. The second-order valence-corrected chi connectivity index (χ2v) is 3.15. The van der Waals surface area contributed by atoms with Crippen molar-refractivity contribution < 1.29 is 9.90 Å². The first-order valence-corrected chi connectivity index (χ1v) is 4.74. The van der Waals surface area contributed by atoms with Crippen molar-refractivity contribution in [3.63, 3.8) is 0 Å². The molecular weight excluding hydrogens is 180 g/mol. The van der Waals surface area contributed by atoms with E-state index in [4.69, 9.17) is 5.11 Å². The summed E-state index contributed by atoms with van der Waals surface area (Å²) < 4.78 is 0. The number of carboxylic acids is 1. The van der Waals surface area contributed by atoms with Crippen LogP contribution in [0, 0.1) is 0 Å². The quantitative estimate of drug-likeness (QED) is 0.797. The first-order chi connectivity index (χ1) is 6.69. The molecule has 0 saturated heterocycles. The number of nitrogens with zero attached hydrogens (tertiary/aromatic N) is 2. The normalized spacial score (nSPS) is 10.5. The Morgan fingerprint density at radius 1 is 1.43 bits per heavy atom. The van der Waals surface area contributed by atoms with Gasteiger partial charge in [0.25, 0.3) is 0 Å². The molecule has 1 aromatic rings. The number of rotatable bonds is 4. The molecule has 76 valence electrons. The Morgan fingerprint density at radius 2 is 2.07 bits per heavy atom. The predicted molar refractivity (Wildman–Crippen MR) is 52.3 cm³/mol. The molecular formula is C10H14N2O2. The lowest BCUT2D eigenvalue weighted by Gasteiger charge is -2.10. The van der Waals surface area contributed by atoms with Gasteiger partial charge in [-0.2, -0.15) is 0 Å². The van der Waals surface area contributed by atoms with Crippen molar-refractivity contribution in [1.82, 2.24) is 9.97 Å². The summed E-state index contributed by atoms with van der Waals surface area (Å²) in [5.74, 6) is -0.671. The highest BCUT2D eigenvalue weighted by atomic mass is 16.4. The first kappa shape index (κ1) is 10.6. The van der Waals surface area contributed by atoms with E-state index in [0.717, 1.165) is 18.5 Å². The Labute approximate surface area is 83.0 Å². The van der Waals surface area contributed by atoms with Crippen LogP contribution in [0.25, 0.3) is 0 Å². The highest BCUT2D eigenvalue weighted by Crippen LogP contribution is 2.20. The lowest BCUT2D eigenvalue weighted by molar-refractivity contribution is 0.0690. The van der Waals surface area contributed by atoms with Crippen LogP contribution in [0.15, 0.2) is 12.4 Å². The molecule has 1 rings (SSSR count). The summed E-state index contributed by atoms with van der Waals surface area (Å²) in [5.41, 5.74) is 0.893. The minimum Gasteiger partial charge on any atom is -0.477 e. The maximum absolute atomic E-state index is 10.7. The fourth-order valence-electron chi connectivity index (χ4n) is 1.42. The first-order valence-electron chi connectivity index (χ1n) is 4.74. The third kappa shape index (κ3) is 2.28. The molecule has 4 heteroatoms. The zero-order chi connectivity index (χ0) is 10.6. The Balaban J connectivity index is 2.98. The molecule has 0 aliphatic carbocycles. The number of carbonyl (C=O) groups is 1. The molecule has 0 unspecified atom stereocenters. The molecule has 0 aromatic carbocycles. The van der Waals surface area contributed by atoms with E-state index in [1.54, 1.807) is 6.07 Å². The SMILES string of the molecule is CCC(CC)c1cc(C(=O)O)ncn1. The van der Waals surface area contributed by atoms with Crippen LogP contribution in [0.5, 0.6) is 0 Å². The summed E-state index contributed by atoms with van der Waals surface area (Å²) in [5, 5.41) is 8.75. The van der Waals surface area contributed by atoms with Gasteiger partial charge in [0, 0.05) is 11.6 Å². The summed E-state index contributed by atoms with van der Waals surface area (Å²) in [4.78, 5) is 18.4. The van der Waals surface area contributed by atoms with Crippen molar-refractivity contribution in [2.75, 3.05) is 0 Å². The van der Waals surface area contributed by atoms with E-state index >= 15 is 0 Å². The Hall–Kier alpha value is -1.45. The standard InChI is InChI=1S/C10H14N2O2/c1-3-7(4-2)8-5-9(10(13)14)12-6-11-8/h5-7H,3-4H2,1-2H3,(H,13,14). The second kappa shape index (κ2) is 4.69. The number of hydrogen-bond donors (Lipinski definition) is 1. The van der Waals surface area contributed by atoms with Gasteiger partial charge in [-0.05, 0) is 18.9 Å². The second-order valence-electron chi connectivity index (χ2n) is 3.15. The van der Waals surface area contributed by atoms with Crippen LogP contribution in [-0.2, 0) is 0 Å². The van der Waals surface area contributed by atoms with E-state index in [1.807, 2.05) is 0 Å². The van der Waals surface area contributed by atoms with Gasteiger partial charge in [0.1, 0.15) is 6.33 Å². The molecule has 0 saturated carbocycles. The summed E-state index contributed by atoms with van der Waals surface area (Å²) >= 11 is 0. The van der Waals surface area contributed by atoms with Crippen LogP contribution in [0.4, 0.5) is 0 Å². The van der Waals surface area contributed by atoms with Gasteiger partial charge in [-0.3, -0.25) is 0 Å². The zero-order valence-electron chi connectivity index (χ0n) is 8.40. The van der Waals surface area contributed by atoms with Crippen LogP contribution in [0.2, 0.25) is 0 Å².